The average molecular weight is 304 g/mol. The number of thiophene rings is 1. The Morgan fingerprint density at radius 1 is 1.15 bits per heavy atom. The van der Waals surface area contributed by atoms with Crippen LogP contribution in [0.15, 0.2) is 42.0 Å². The van der Waals surface area contributed by atoms with E-state index in [1.165, 1.54) is 5.56 Å². The Morgan fingerprint density at radius 3 is 2.65 bits per heavy atom. The molecule has 0 spiro atoms. The van der Waals surface area contributed by atoms with Crippen LogP contribution in [0, 0.1) is 0 Å². The lowest BCUT2D eigenvalue weighted by Crippen LogP contribution is -2.22. The fourth-order valence-corrected chi connectivity index (χ4v) is 3.06. The average Bonchev–Trinajstić information content (AvgIpc) is 2.95. The maximum Gasteiger partial charge on any atom is 0.141 e. The van der Waals surface area contributed by atoms with Crippen LogP contribution in [0.3, 0.4) is 0 Å². The minimum atomic E-state index is 0.213. The van der Waals surface area contributed by atoms with Crippen molar-refractivity contribution in [2.75, 3.05) is 11.9 Å². The first-order valence-electron chi connectivity index (χ1n) is 6.33. The highest BCUT2D eigenvalue weighted by Gasteiger charge is 2.16. The van der Waals surface area contributed by atoms with Crippen LogP contribution in [0.4, 0.5) is 5.82 Å². The van der Waals surface area contributed by atoms with E-state index in [0.29, 0.717) is 0 Å². The van der Waals surface area contributed by atoms with Crippen LogP contribution >= 0.6 is 22.9 Å². The fraction of sp³-hybridized carbons (Fsp3) is 0.200. The third kappa shape index (κ3) is 2.37. The Kier molecular flexibility index (Phi) is 3.59. The summed E-state index contributed by atoms with van der Waals surface area (Å²) in [6, 6.07) is 10.2. The molecule has 0 aliphatic carbocycles. The van der Waals surface area contributed by atoms with E-state index in [1.54, 1.807) is 17.7 Å². The van der Waals surface area contributed by atoms with Gasteiger partial charge in [0.1, 0.15) is 17.0 Å². The van der Waals surface area contributed by atoms with Crippen molar-refractivity contribution in [2.45, 2.75) is 13.0 Å². The van der Waals surface area contributed by atoms with Crippen molar-refractivity contribution in [1.82, 2.24) is 9.97 Å². The summed E-state index contributed by atoms with van der Waals surface area (Å²) in [6.07, 6.45) is 1.62. The van der Waals surface area contributed by atoms with Crippen LogP contribution in [0.2, 0.25) is 5.02 Å². The molecule has 5 heteroatoms. The molecule has 0 saturated carbocycles. The van der Waals surface area contributed by atoms with E-state index in [2.05, 4.69) is 47.0 Å². The van der Waals surface area contributed by atoms with Gasteiger partial charge in [0, 0.05) is 12.1 Å². The van der Waals surface area contributed by atoms with Gasteiger partial charge in [-0.2, -0.15) is 0 Å². The van der Waals surface area contributed by atoms with Gasteiger partial charge in [-0.1, -0.05) is 23.7 Å². The molecule has 2 heterocycles. The molecule has 3 rings (SSSR count). The third-order valence-corrected chi connectivity index (χ3v) is 4.58. The zero-order valence-corrected chi connectivity index (χ0v) is 12.8. The first kappa shape index (κ1) is 13.3. The number of fused-ring (bicyclic) bond motifs is 1. The van der Waals surface area contributed by atoms with Crippen LogP contribution in [-0.2, 0) is 0 Å². The van der Waals surface area contributed by atoms with Gasteiger partial charge in [0.25, 0.3) is 0 Å². The van der Waals surface area contributed by atoms with E-state index in [0.717, 1.165) is 21.1 Å². The highest BCUT2D eigenvalue weighted by atomic mass is 35.5. The van der Waals surface area contributed by atoms with Crippen molar-refractivity contribution in [1.29, 1.82) is 0 Å². The zero-order valence-electron chi connectivity index (χ0n) is 11.2. The zero-order chi connectivity index (χ0) is 14.1. The number of hydrogen-bond acceptors (Lipinski definition) is 4. The summed E-state index contributed by atoms with van der Waals surface area (Å²) < 4.78 is 0. The molecule has 0 N–H and O–H groups in total. The van der Waals surface area contributed by atoms with Crippen molar-refractivity contribution in [2.24, 2.45) is 0 Å². The second kappa shape index (κ2) is 5.38. The third-order valence-electron chi connectivity index (χ3n) is 3.51. The van der Waals surface area contributed by atoms with Crippen molar-refractivity contribution in [3.8, 4) is 0 Å². The second-order valence-electron chi connectivity index (χ2n) is 4.68. The van der Waals surface area contributed by atoms with Gasteiger partial charge in [-0.25, -0.2) is 9.97 Å². The highest BCUT2D eigenvalue weighted by Crippen LogP contribution is 2.31. The molecular formula is C15H14ClN3S. The predicted octanol–water partition coefficient (Wildman–Crippen LogP) is 4.54. The van der Waals surface area contributed by atoms with Gasteiger partial charge in [0.15, 0.2) is 0 Å². The first-order valence-corrected chi connectivity index (χ1v) is 7.59. The van der Waals surface area contributed by atoms with Gasteiger partial charge in [0.2, 0.25) is 0 Å². The quantitative estimate of drug-likeness (QED) is 0.711. The number of nitrogens with zero attached hydrogens (tertiary/aromatic N) is 3. The van der Waals surface area contributed by atoms with Gasteiger partial charge in [-0.3, -0.25) is 0 Å². The van der Waals surface area contributed by atoms with E-state index in [9.17, 15) is 0 Å². The summed E-state index contributed by atoms with van der Waals surface area (Å²) in [5.74, 6) is 0.957. The molecule has 3 nitrogen and oxygen atoms in total. The van der Waals surface area contributed by atoms with Crippen LogP contribution in [-0.4, -0.2) is 17.0 Å². The molecule has 20 heavy (non-hydrogen) atoms. The lowest BCUT2D eigenvalue weighted by atomic mass is 10.1. The molecule has 0 bridgehead atoms. The van der Waals surface area contributed by atoms with Crippen molar-refractivity contribution in [3.63, 3.8) is 0 Å². The van der Waals surface area contributed by atoms with Crippen LogP contribution in [0.1, 0.15) is 18.5 Å². The van der Waals surface area contributed by atoms with Gasteiger partial charge in [-0.15, -0.1) is 11.3 Å². The number of aromatic nitrogens is 2. The summed E-state index contributed by atoms with van der Waals surface area (Å²) in [4.78, 5) is 11.9. The number of hydrogen-bond donors (Lipinski definition) is 0. The fourth-order valence-electron chi connectivity index (χ4n) is 2.21. The molecule has 0 unspecified atom stereocenters. The van der Waals surface area contributed by atoms with Gasteiger partial charge in [-0.05, 0) is 36.1 Å². The molecule has 0 saturated heterocycles. The van der Waals surface area contributed by atoms with E-state index in [-0.39, 0.29) is 6.04 Å². The van der Waals surface area contributed by atoms with Crippen LogP contribution in [0.5, 0.6) is 0 Å². The maximum atomic E-state index is 5.94. The van der Waals surface area contributed by atoms with E-state index in [1.807, 2.05) is 17.5 Å². The van der Waals surface area contributed by atoms with Crippen molar-refractivity contribution in [3.05, 3.63) is 52.6 Å². The normalized spacial score (nSPS) is 12.6. The minimum absolute atomic E-state index is 0.213. The van der Waals surface area contributed by atoms with E-state index in [4.69, 9.17) is 11.6 Å². The smallest absolute Gasteiger partial charge is 0.141 e. The van der Waals surface area contributed by atoms with Crippen molar-refractivity contribution >= 4 is 39.0 Å². The Morgan fingerprint density at radius 2 is 1.90 bits per heavy atom. The molecule has 0 fully saturated rings. The molecule has 0 radical (unpaired) electrons. The number of halogens is 1. The summed E-state index contributed by atoms with van der Waals surface area (Å²) in [5.41, 5.74) is 1.21. The lowest BCUT2D eigenvalue weighted by Gasteiger charge is -2.26. The topological polar surface area (TPSA) is 29.0 Å². The summed E-state index contributed by atoms with van der Waals surface area (Å²) in [5, 5.41) is 3.90. The van der Waals surface area contributed by atoms with Crippen molar-refractivity contribution < 1.29 is 0 Å². The van der Waals surface area contributed by atoms with Crippen LogP contribution < -0.4 is 4.90 Å². The Bertz CT molecular complexity index is 723. The van der Waals surface area contributed by atoms with E-state index >= 15 is 0 Å². The summed E-state index contributed by atoms with van der Waals surface area (Å²) in [7, 11) is 2.05. The Balaban J connectivity index is 1.97. The first-order chi connectivity index (χ1) is 9.66. The Hall–Kier alpha value is -1.65. The van der Waals surface area contributed by atoms with Gasteiger partial charge in [0.05, 0.1) is 11.4 Å². The minimum Gasteiger partial charge on any atom is -0.352 e. The standard InChI is InChI=1S/C15H14ClN3S/c1-10(11-3-5-12(16)6-4-11)19(2)14-13-7-8-20-15(13)18-9-17-14/h3-10H,1-2H3/t10-/m1/s1. The monoisotopic (exact) mass is 303 g/mol. The second-order valence-corrected chi connectivity index (χ2v) is 6.01. The number of benzene rings is 1. The number of rotatable bonds is 3. The SMILES string of the molecule is C[C@H](c1ccc(Cl)cc1)N(C)c1ncnc2sccc12. The molecule has 1 atom stereocenters. The molecule has 0 aliphatic rings. The molecular weight excluding hydrogens is 290 g/mol. The summed E-state index contributed by atoms with van der Waals surface area (Å²) >= 11 is 7.58. The molecule has 2 aromatic heterocycles. The van der Waals surface area contributed by atoms with Gasteiger partial charge < -0.3 is 4.90 Å². The largest absolute Gasteiger partial charge is 0.352 e. The molecule has 102 valence electrons. The molecule has 0 amide bonds. The maximum absolute atomic E-state index is 5.94. The molecule has 3 aromatic rings. The van der Waals surface area contributed by atoms with E-state index < -0.39 is 0 Å². The molecule has 0 aliphatic heterocycles. The number of anilines is 1. The Labute approximate surface area is 126 Å². The lowest BCUT2D eigenvalue weighted by molar-refractivity contribution is 0.731. The van der Waals surface area contributed by atoms with Gasteiger partial charge >= 0.3 is 0 Å². The van der Waals surface area contributed by atoms with Crippen LogP contribution in [0.25, 0.3) is 10.2 Å². The highest BCUT2D eigenvalue weighted by molar-refractivity contribution is 7.16. The summed E-state index contributed by atoms with van der Waals surface area (Å²) in [6.45, 7) is 2.16. The molecule has 1 aromatic carbocycles. The predicted molar refractivity (Wildman–Crippen MR) is 85.7 cm³/mol.